The molecular weight excluding hydrogens is 248 g/mol. The first kappa shape index (κ1) is 12.7. The minimum Gasteiger partial charge on any atom is -0.478 e. The molecule has 2 aromatic rings. The zero-order valence-electron chi connectivity index (χ0n) is 10.0. The van der Waals surface area contributed by atoms with Gasteiger partial charge in [0.25, 0.3) is 0 Å². The lowest BCUT2D eigenvalue weighted by Crippen LogP contribution is -2.13. The van der Waals surface area contributed by atoms with Crippen molar-refractivity contribution in [2.45, 2.75) is 20.0 Å². The first-order chi connectivity index (χ1) is 8.65. The second kappa shape index (κ2) is 5.75. The van der Waals surface area contributed by atoms with Crippen LogP contribution >= 0.6 is 11.3 Å². The number of carboxylic acid groups (broad SMARTS) is 1. The van der Waals surface area contributed by atoms with E-state index in [2.05, 4.69) is 10.3 Å². The summed E-state index contributed by atoms with van der Waals surface area (Å²) < 4.78 is 0. The van der Waals surface area contributed by atoms with Gasteiger partial charge in [0.15, 0.2) is 0 Å². The van der Waals surface area contributed by atoms with Crippen molar-refractivity contribution in [3.05, 3.63) is 51.5 Å². The third kappa shape index (κ3) is 3.38. The summed E-state index contributed by atoms with van der Waals surface area (Å²) in [7, 11) is 0. The van der Waals surface area contributed by atoms with E-state index in [1.165, 1.54) is 0 Å². The van der Waals surface area contributed by atoms with Crippen molar-refractivity contribution in [2.75, 3.05) is 0 Å². The first-order valence-electron chi connectivity index (χ1n) is 5.59. The molecule has 0 saturated carbocycles. The molecule has 1 aromatic heterocycles. The van der Waals surface area contributed by atoms with Gasteiger partial charge in [-0.15, -0.1) is 11.3 Å². The summed E-state index contributed by atoms with van der Waals surface area (Å²) in [5.41, 5.74) is 2.30. The molecule has 0 unspecified atom stereocenters. The van der Waals surface area contributed by atoms with Gasteiger partial charge in [-0.25, -0.2) is 9.78 Å². The average molecular weight is 262 g/mol. The van der Waals surface area contributed by atoms with Gasteiger partial charge in [0.05, 0.1) is 16.3 Å². The zero-order valence-corrected chi connectivity index (χ0v) is 10.8. The molecule has 0 spiro atoms. The SMILES string of the molecule is Cc1nc(CNCc2cccc(C(=O)O)c2)cs1. The number of benzene rings is 1. The number of aryl methyl sites for hydroxylation is 1. The Labute approximate surface area is 109 Å². The molecule has 0 aliphatic heterocycles. The molecule has 1 heterocycles. The van der Waals surface area contributed by atoms with E-state index in [9.17, 15) is 4.79 Å². The summed E-state index contributed by atoms with van der Waals surface area (Å²) in [6, 6.07) is 6.94. The van der Waals surface area contributed by atoms with Crippen molar-refractivity contribution in [1.29, 1.82) is 0 Å². The molecule has 0 saturated heterocycles. The van der Waals surface area contributed by atoms with Gasteiger partial charge in [-0.1, -0.05) is 12.1 Å². The fourth-order valence-electron chi connectivity index (χ4n) is 1.64. The fourth-order valence-corrected chi connectivity index (χ4v) is 2.25. The maximum atomic E-state index is 10.8. The van der Waals surface area contributed by atoms with Gasteiger partial charge in [-0.05, 0) is 24.6 Å². The third-order valence-electron chi connectivity index (χ3n) is 2.48. The van der Waals surface area contributed by atoms with Crippen LogP contribution in [0.4, 0.5) is 0 Å². The minimum atomic E-state index is -0.896. The number of carboxylic acids is 1. The van der Waals surface area contributed by atoms with Crippen molar-refractivity contribution in [3.63, 3.8) is 0 Å². The molecular formula is C13H14N2O2S. The molecule has 4 nitrogen and oxygen atoms in total. The number of carbonyl (C=O) groups is 1. The van der Waals surface area contributed by atoms with E-state index in [1.807, 2.05) is 18.4 Å². The number of nitrogens with one attached hydrogen (secondary N) is 1. The van der Waals surface area contributed by atoms with E-state index in [1.54, 1.807) is 29.5 Å². The Kier molecular flexibility index (Phi) is 4.07. The molecule has 0 aliphatic rings. The highest BCUT2D eigenvalue weighted by Gasteiger charge is 2.03. The molecule has 0 aliphatic carbocycles. The summed E-state index contributed by atoms with van der Waals surface area (Å²) in [4.78, 5) is 15.2. The van der Waals surface area contributed by atoms with E-state index < -0.39 is 5.97 Å². The highest BCUT2D eigenvalue weighted by molar-refractivity contribution is 7.09. The van der Waals surface area contributed by atoms with Gasteiger partial charge in [-0.3, -0.25) is 0 Å². The van der Waals surface area contributed by atoms with Gasteiger partial charge >= 0.3 is 5.97 Å². The molecule has 18 heavy (non-hydrogen) atoms. The number of hydrogen-bond acceptors (Lipinski definition) is 4. The summed E-state index contributed by atoms with van der Waals surface area (Å²) in [5, 5.41) is 15.2. The zero-order chi connectivity index (χ0) is 13.0. The van der Waals surface area contributed by atoms with Gasteiger partial charge < -0.3 is 10.4 Å². The quantitative estimate of drug-likeness (QED) is 0.868. The van der Waals surface area contributed by atoms with Crippen LogP contribution < -0.4 is 5.32 Å². The van der Waals surface area contributed by atoms with Crippen molar-refractivity contribution in [2.24, 2.45) is 0 Å². The fraction of sp³-hybridized carbons (Fsp3) is 0.231. The number of rotatable bonds is 5. The molecule has 0 fully saturated rings. The predicted octanol–water partition coefficient (Wildman–Crippen LogP) is 2.44. The van der Waals surface area contributed by atoms with Gasteiger partial charge in [0, 0.05) is 18.5 Å². The molecule has 1 aromatic carbocycles. The normalized spacial score (nSPS) is 10.5. The van der Waals surface area contributed by atoms with Crippen LogP contribution in [0.25, 0.3) is 0 Å². The molecule has 0 amide bonds. The van der Waals surface area contributed by atoms with Crippen LogP contribution in [-0.4, -0.2) is 16.1 Å². The summed E-state index contributed by atoms with van der Waals surface area (Å²) in [6.45, 7) is 3.31. The van der Waals surface area contributed by atoms with E-state index in [0.29, 0.717) is 18.7 Å². The Morgan fingerprint density at radius 2 is 2.28 bits per heavy atom. The van der Waals surface area contributed by atoms with Crippen LogP contribution in [0.5, 0.6) is 0 Å². The van der Waals surface area contributed by atoms with Crippen LogP contribution in [0.3, 0.4) is 0 Å². The van der Waals surface area contributed by atoms with Crippen LogP contribution in [0, 0.1) is 6.92 Å². The Morgan fingerprint density at radius 3 is 2.94 bits per heavy atom. The summed E-state index contributed by atoms with van der Waals surface area (Å²) >= 11 is 1.63. The number of aromatic nitrogens is 1. The molecule has 2 N–H and O–H groups in total. The summed E-state index contributed by atoms with van der Waals surface area (Å²) in [5.74, 6) is -0.896. The predicted molar refractivity (Wildman–Crippen MR) is 70.8 cm³/mol. The molecule has 5 heteroatoms. The highest BCUT2D eigenvalue weighted by atomic mass is 32.1. The van der Waals surface area contributed by atoms with E-state index >= 15 is 0 Å². The van der Waals surface area contributed by atoms with E-state index in [-0.39, 0.29) is 0 Å². The van der Waals surface area contributed by atoms with Crippen molar-refractivity contribution < 1.29 is 9.90 Å². The molecule has 0 atom stereocenters. The van der Waals surface area contributed by atoms with E-state index in [4.69, 9.17) is 5.11 Å². The smallest absolute Gasteiger partial charge is 0.335 e. The van der Waals surface area contributed by atoms with Gasteiger partial charge in [0.2, 0.25) is 0 Å². The van der Waals surface area contributed by atoms with Crippen LogP contribution in [-0.2, 0) is 13.1 Å². The largest absolute Gasteiger partial charge is 0.478 e. The van der Waals surface area contributed by atoms with E-state index in [0.717, 1.165) is 16.3 Å². The average Bonchev–Trinajstić information content (AvgIpc) is 2.75. The van der Waals surface area contributed by atoms with Crippen molar-refractivity contribution >= 4 is 17.3 Å². The lowest BCUT2D eigenvalue weighted by atomic mass is 10.1. The summed E-state index contributed by atoms with van der Waals surface area (Å²) in [6.07, 6.45) is 0. The number of hydrogen-bond donors (Lipinski definition) is 2. The van der Waals surface area contributed by atoms with Crippen LogP contribution in [0.1, 0.15) is 26.6 Å². The van der Waals surface area contributed by atoms with Crippen molar-refractivity contribution in [3.8, 4) is 0 Å². The van der Waals surface area contributed by atoms with Crippen LogP contribution in [0.2, 0.25) is 0 Å². The second-order valence-electron chi connectivity index (χ2n) is 3.97. The minimum absolute atomic E-state index is 0.318. The Morgan fingerprint density at radius 1 is 1.44 bits per heavy atom. The number of nitrogens with zero attached hydrogens (tertiary/aromatic N) is 1. The Bertz CT molecular complexity index is 551. The number of aromatic carboxylic acids is 1. The Balaban J connectivity index is 1.90. The topological polar surface area (TPSA) is 62.2 Å². The molecule has 0 radical (unpaired) electrons. The standard InChI is InChI=1S/C13H14N2O2S/c1-9-15-12(8-18-9)7-14-6-10-3-2-4-11(5-10)13(16)17/h2-5,8,14H,6-7H2,1H3,(H,16,17). The molecule has 2 rings (SSSR count). The van der Waals surface area contributed by atoms with Gasteiger partial charge in [0.1, 0.15) is 0 Å². The molecule has 0 bridgehead atoms. The maximum Gasteiger partial charge on any atom is 0.335 e. The first-order valence-corrected chi connectivity index (χ1v) is 6.47. The Hall–Kier alpha value is -1.72. The molecule has 94 valence electrons. The lowest BCUT2D eigenvalue weighted by molar-refractivity contribution is 0.0696. The number of thiazole rings is 1. The third-order valence-corrected chi connectivity index (χ3v) is 3.30. The second-order valence-corrected chi connectivity index (χ2v) is 5.03. The monoisotopic (exact) mass is 262 g/mol. The highest BCUT2D eigenvalue weighted by Crippen LogP contribution is 2.08. The van der Waals surface area contributed by atoms with Gasteiger partial charge in [-0.2, -0.15) is 0 Å². The van der Waals surface area contributed by atoms with Crippen molar-refractivity contribution in [1.82, 2.24) is 10.3 Å². The van der Waals surface area contributed by atoms with Crippen LogP contribution in [0.15, 0.2) is 29.6 Å². The maximum absolute atomic E-state index is 10.8. The lowest BCUT2D eigenvalue weighted by Gasteiger charge is -2.04.